The Kier molecular flexibility index (Phi) is 6.70. The highest BCUT2D eigenvalue weighted by Gasteiger charge is 2.25. The second-order valence-electron chi connectivity index (χ2n) is 7.31. The Balaban J connectivity index is 1.66. The standard InChI is InChI=1S/C25H21BrN2O2S/c1-16(18-10-12-21(26)13-11-18)27-23(19-7-3-2-4-8-19)20-9-5-6-17(14-20)15-22-24(29)28-25(30)31-22/h2-16,23,27H,1H3,(H,28,29,30)/t16-,23?/m0/s1. The molecule has 31 heavy (non-hydrogen) atoms. The second-order valence-corrected chi connectivity index (χ2v) is 9.24. The Hall–Kier alpha value is -2.67. The van der Waals surface area contributed by atoms with Crippen molar-refractivity contribution in [2.75, 3.05) is 0 Å². The van der Waals surface area contributed by atoms with Crippen LogP contribution in [0.15, 0.2) is 88.2 Å². The summed E-state index contributed by atoms with van der Waals surface area (Å²) >= 11 is 4.42. The molecule has 3 aromatic carbocycles. The van der Waals surface area contributed by atoms with Crippen molar-refractivity contribution in [2.24, 2.45) is 0 Å². The minimum Gasteiger partial charge on any atom is -0.300 e. The lowest BCUT2D eigenvalue weighted by Gasteiger charge is -2.25. The first-order valence-corrected chi connectivity index (χ1v) is 11.5. The number of carbonyl (C=O) groups excluding carboxylic acids is 2. The fraction of sp³-hybridized carbons (Fsp3) is 0.120. The maximum Gasteiger partial charge on any atom is 0.290 e. The molecule has 0 radical (unpaired) electrons. The smallest absolute Gasteiger partial charge is 0.290 e. The van der Waals surface area contributed by atoms with E-state index in [9.17, 15) is 9.59 Å². The van der Waals surface area contributed by atoms with Crippen LogP contribution in [-0.2, 0) is 4.79 Å². The van der Waals surface area contributed by atoms with E-state index in [-0.39, 0.29) is 23.2 Å². The lowest BCUT2D eigenvalue weighted by atomic mass is 9.95. The third-order valence-electron chi connectivity index (χ3n) is 5.10. The molecular weight excluding hydrogens is 472 g/mol. The number of imide groups is 1. The van der Waals surface area contributed by atoms with Crippen molar-refractivity contribution < 1.29 is 9.59 Å². The summed E-state index contributed by atoms with van der Waals surface area (Å²) in [7, 11) is 0. The van der Waals surface area contributed by atoms with E-state index in [1.807, 2.05) is 42.5 Å². The van der Waals surface area contributed by atoms with Crippen molar-refractivity contribution in [3.05, 3.63) is 110 Å². The van der Waals surface area contributed by atoms with Gasteiger partial charge in [0, 0.05) is 10.5 Å². The monoisotopic (exact) mass is 492 g/mol. The van der Waals surface area contributed by atoms with Crippen LogP contribution in [0.4, 0.5) is 4.79 Å². The summed E-state index contributed by atoms with van der Waals surface area (Å²) in [6.45, 7) is 2.15. The zero-order chi connectivity index (χ0) is 21.8. The Bertz CT molecular complexity index is 1130. The van der Waals surface area contributed by atoms with E-state index in [4.69, 9.17) is 0 Å². The van der Waals surface area contributed by atoms with Crippen LogP contribution in [0.1, 0.15) is 41.3 Å². The van der Waals surface area contributed by atoms with Gasteiger partial charge in [0.05, 0.1) is 10.9 Å². The molecule has 0 saturated carbocycles. The minimum atomic E-state index is -0.345. The van der Waals surface area contributed by atoms with Gasteiger partial charge in [-0.15, -0.1) is 0 Å². The number of nitrogens with one attached hydrogen (secondary N) is 2. The quantitative estimate of drug-likeness (QED) is 0.401. The van der Waals surface area contributed by atoms with Crippen molar-refractivity contribution in [2.45, 2.75) is 19.0 Å². The number of amides is 2. The fourth-order valence-electron chi connectivity index (χ4n) is 3.53. The van der Waals surface area contributed by atoms with Crippen LogP contribution in [0.5, 0.6) is 0 Å². The lowest BCUT2D eigenvalue weighted by molar-refractivity contribution is -0.115. The lowest BCUT2D eigenvalue weighted by Crippen LogP contribution is -2.25. The van der Waals surface area contributed by atoms with Crippen molar-refractivity contribution in [3.8, 4) is 0 Å². The molecule has 1 saturated heterocycles. The second kappa shape index (κ2) is 9.64. The molecule has 2 amide bonds. The van der Waals surface area contributed by atoms with Crippen molar-refractivity contribution in [1.82, 2.24) is 10.6 Å². The van der Waals surface area contributed by atoms with Gasteiger partial charge >= 0.3 is 0 Å². The number of benzene rings is 3. The van der Waals surface area contributed by atoms with E-state index >= 15 is 0 Å². The van der Waals surface area contributed by atoms with Gasteiger partial charge in [0.1, 0.15) is 0 Å². The summed E-state index contributed by atoms with van der Waals surface area (Å²) in [4.78, 5) is 23.8. The number of rotatable bonds is 6. The normalized spacial score (nSPS) is 16.9. The predicted molar refractivity (Wildman–Crippen MR) is 130 cm³/mol. The van der Waals surface area contributed by atoms with Crippen LogP contribution in [0.25, 0.3) is 6.08 Å². The largest absolute Gasteiger partial charge is 0.300 e. The van der Waals surface area contributed by atoms with E-state index in [1.165, 1.54) is 5.56 Å². The third-order valence-corrected chi connectivity index (χ3v) is 6.44. The molecule has 0 aromatic heterocycles. The molecule has 4 rings (SSSR count). The molecule has 1 unspecified atom stereocenters. The predicted octanol–water partition coefficient (Wildman–Crippen LogP) is 6.21. The molecule has 2 N–H and O–H groups in total. The summed E-state index contributed by atoms with van der Waals surface area (Å²) in [5.74, 6) is -0.345. The molecule has 1 aliphatic rings. The van der Waals surface area contributed by atoms with Gasteiger partial charge in [-0.1, -0.05) is 76.6 Å². The Morgan fingerprint density at radius 2 is 1.61 bits per heavy atom. The average Bonchev–Trinajstić information content (AvgIpc) is 3.09. The summed E-state index contributed by atoms with van der Waals surface area (Å²) in [6, 6.07) is 26.7. The molecule has 6 heteroatoms. The van der Waals surface area contributed by atoms with Crippen LogP contribution in [0.2, 0.25) is 0 Å². The zero-order valence-electron chi connectivity index (χ0n) is 16.8. The van der Waals surface area contributed by atoms with Crippen LogP contribution in [0.3, 0.4) is 0 Å². The minimum absolute atomic E-state index is 0.0371. The SMILES string of the molecule is C[C@H](NC(c1ccccc1)c1cccc(C=C2SC(=O)NC2=O)c1)c1ccc(Br)cc1. The van der Waals surface area contributed by atoms with Crippen LogP contribution in [-0.4, -0.2) is 11.1 Å². The van der Waals surface area contributed by atoms with Gasteiger partial charge in [-0.2, -0.15) is 0 Å². The summed E-state index contributed by atoms with van der Waals surface area (Å²) in [5, 5.41) is 5.71. The molecule has 156 valence electrons. The van der Waals surface area contributed by atoms with Crippen molar-refractivity contribution in [1.29, 1.82) is 0 Å². The Morgan fingerprint density at radius 3 is 2.29 bits per heavy atom. The molecule has 4 nitrogen and oxygen atoms in total. The molecular formula is C25H21BrN2O2S. The summed E-state index contributed by atoms with van der Waals surface area (Å²) in [5.41, 5.74) is 4.31. The summed E-state index contributed by atoms with van der Waals surface area (Å²) < 4.78 is 1.05. The number of thioether (sulfide) groups is 1. The van der Waals surface area contributed by atoms with Crippen LogP contribution in [0, 0.1) is 0 Å². The first-order valence-electron chi connectivity index (χ1n) is 9.91. The molecule has 1 aliphatic heterocycles. The number of carbonyl (C=O) groups is 2. The van der Waals surface area contributed by atoms with Crippen molar-refractivity contribution >= 4 is 44.9 Å². The number of hydrogen-bond acceptors (Lipinski definition) is 4. The third kappa shape index (κ3) is 5.34. The average molecular weight is 493 g/mol. The first-order chi connectivity index (χ1) is 15.0. The van der Waals surface area contributed by atoms with E-state index < -0.39 is 0 Å². The van der Waals surface area contributed by atoms with Gasteiger partial charge in [0.25, 0.3) is 11.1 Å². The number of hydrogen-bond donors (Lipinski definition) is 2. The highest BCUT2D eigenvalue weighted by molar-refractivity contribution is 9.10. The molecule has 1 heterocycles. The molecule has 2 atom stereocenters. The molecule has 3 aromatic rings. The number of halogens is 1. The van der Waals surface area contributed by atoms with E-state index in [1.54, 1.807) is 6.08 Å². The summed E-state index contributed by atoms with van der Waals surface area (Å²) in [6.07, 6.45) is 1.76. The van der Waals surface area contributed by atoms with Crippen LogP contribution < -0.4 is 10.6 Å². The maximum atomic E-state index is 11.9. The zero-order valence-corrected chi connectivity index (χ0v) is 19.2. The highest BCUT2D eigenvalue weighted by Crippen LogP contribution is 2.29. The fourth-order valence-corrected chi connectivity index (χ4v) is 4.48. The van der Waals surface area contributed by atoms with Gasteiger partial charge in [0.2, 0.25) is 0 Å². The first kappa shape index (κ1) is 21.6. The van der Waals surface area contributed by atoms with E-state index in [2.05, 4.69) is 69.9 Å². The van der Waals surface area contributed by atoms with Gasteiger partial charge < -0.3 is 0 Å². The Morgan fingerprint density at radius 1 is 0.903 bits per heavy atom. The molecule has 0 bridgehead atoms. The van der Waals surface area contributed by atoms with E-state index in [0.717, 1.165) is 32.9 Å². The molecule has 0 aliphatic carbocycles. The Labute approximate surface area is 194 Å². The highest BCUT2D eigenvalue weighted by atomic mass is 79.9. The topological polar surface area (TPSA) is 58.2 Å². The van der Waals surface area contributed by atoms with E-state index in [0.29, 0.717) is 4.91 Å². The van der Waals surface area contributed by atoms with Gasteiger partial charge in [-0.25, -0.2) is 0 Å². The van der Waals surface area contributed by atoms with Gasteiger partial charge in [-0.05, 0) is 65.2 Å². The van der Waals surface area contributed by atoms with Crippen molar-refractivity contribution in [3.63, 3.8) is 0 Å². The van der Waals surface area contributed by atoms with Gasteiger partial charge in [0.15, 0.2) is 0 Å². The molecule has 1 fully saturated rings. The molecule has 0 spiro atoms. The van der Waals surface area contributed by atoms with Crippen LogP contribution >= 0.6 is 27.7 Å². The maximum absolute atomic E-state index is 11.9. The van der Waals surface area contributed by atoms with Gasteiger partial charge in [-0.3, -0.25) is 20.2 Å².